The maximum Gasteiger partial charge on any atom is 0.409 e. The molecule has 0 bridgehead atoms. The summed E-state index contributed by atoms with van der Waals surface area (Å²) in [5.74, 6) is 0.685. The number of nitrogens with zero attached hydrogens (tertiary/aromatic N) is 3. The highest BCUT2D eigenvalue weighted by Crippen LogP contribution is 2.48. The van der Waals surface area contributed by atoms with E-state index in [-0.39, 0.29) is 42.3 Å². The van der Waals surface area contributed by atoms with E-state index in [0.29, 0.717) is 23.1 Å². The van der Waals surface area contributed by atoms with E-state index in [1.54, 1.807) is 40.2 Å². The number of ether oxygens (including phenoxy) is 2. The minimum atomic E-state index is -0.818. The first-order chi connectivity index (χ1) is 24.0. The van der Waals surface area contributed by atoms with Crippen molar-refractivity contribution in [1.82, 2.24) is 20.6 Å². The Morgan fingerprint density at radius 3 is 2.37 bits per heavy atom. The third kappa shape index (κ3) is 8.29. The van der Waals surface area contributed by atoms with Crippen LogP contribution in [0.1, 0.15) is 63.9 Å². The fourth-order valence-electron chi connectivity index (χ4n) is 7.73. The van der Waals surface area contributed by atoms with Crippen LogP contribution in [-0.2, 0) is 20.9 Å². The maximum atomic E-state index is 14.6. The van der Waals surface area contributed by atoms with Gasteiger partial charge in [-0.3, -0.25) is 14.4 Å². The number of rotatable bonds is 11. The predicted octanol–water partition coefficient (Wildman–Crippen LogP) is 4.76. The molecule has 4 rings (SSSR count). The smallest absolute Gasteiger partial charge is 0.409 e. The molecule has 2 aromatic carbocycles. The van der Waals surface area contributed by atoms with Crippen LogP contribution in [0.15, 0.2) is 36.4 Å². The van der Waals surface area contributed by atoms with Crippen molar-refractivity contribution < 1.29 is 28.7 Å². The zero-order valence-corrected chi connectivity index (χ0v) is 32.6. The first-order valence-corrected chi connectivity index (χ1v) is 18.0. The van der Waals surface area contributed by atoms with Gasteiger partial charge in [0.05, 0.1) is 25.7 Å². The standard InChI is InChI=1S/C39H60N6O6/c1-22-16-31(23(2)24(3)39(22,5)6)42-37(47)34-33(25(4)50-38(48)44(10)11)32(20-40)51-45(34)21-26-14-13-15-30(35(26)49-12)27-17-28(36(46)41-7)19-29(18-27)43(8)9/h13-15,17-19,22-25,31-34H,16,20-21,40H2,1-12H3,(H,41,46)(H,42,47)/t22-,23+,24+,25+,31+,32+,33-,34+/m1/s1. The van der Waals surface area contributed by atoms with Crippen molar-refractivity contribution in [3.05, 3.63) is 47.5 Å². The number of carbonyl (C=O) groups excluding carboxylic acids is 3. The number of carbonyl (C=O) groups is 3. The Labute approximate surface area is 304 Å². The van der Waals surface area contributed by atoms with Gasteiger partial charge < -0.3 is 35.6 Å². The lowest BCUT2D eigenvalue weighted by Gasteiger charge is -2.50. The lowest BCUT2D eigenvalue weighted by Crippen LogP contribution is -2.57. The summed E-state index contributed by atoms with van der Waals surface area (Å²) in [6.45, 7) is 13.5. The number of anilines is 1. The van der Waals surface area contributed by atoms with Crippen LogP contribution in [0.25, 0.3) is 11.1 Å². The Bertz CT molecular complexity index is 1560. The Balaban J connectivity index is 1.76. The van der Waals surface area contributed by atoms with Gasteiger partial charge in [0.25, 0.3) is 5.91 Å². The van der Waals surface area contributed by atoms with Crippen molar-refractivity contribution >= 4 is 23.6 Å². The number of methoxy groups -OCH3 is 1. The highest BCUT2D eigenvalue weighted by atomic mass is 16.7. The summed E-state index contributed by atoms with van der Waals surface area (Å²) in [5.41, 5.74) is 10.2. The normalized spacial score (nSPS) is 26.6. The van der Waals surface area contributed by atoms with Gasteiger partial charge in [-0.05, 0) is 60.3 Å². The number of para-hydroxylation sites is 1. The summed E-state index contributed by atoms with van der Waals surface area (Å²) in [4.78, 5) is 49.9. The van der Waals surface area contributed by atoms with Gasteiger partial charge in [0.2, 0.25) is 5.91 Å². The van der Waals surface area contributed by atoms with Crippen LogP contribution in [0.4, 0.5) is 10.5 Å². The van der Waals surface area contributed by atoms with Crippen LogP contribution in [0.3, 0.4) is 0 Å². The number of nitrogens with one attached hydrogen (secondary N) is 2. The van der Waals surface area contributed by atoms with Crippen molar-refractivity contribution in [3.8, 4) is 16.9 Å². The summed E-state index contributed by atoms with van der Waals surface area (Å²) < 4.78 is 11.9. The molecular formula is C39H60N6O6. The Hall–Kier alpha value is -3.87. The van der Waals surface area contributed by atoms with E-state index in [0.717, 1.165) is 28.8 Å². The second-order valence-corrected chi connectivity index (χ2v) is 15.4. The van der Waals surface area contributed by atoms with Gasteiger partial charge in [0.15, 0.2) is 0 Å². The monoisotopic (exact) mass is 708 g/mol. The van der Waals surface area contributed by atoms with Crippen molar-refractivity contribution in [3.63, 3.8) is 0 Å². The van der Waals surface area contributed by atoms with E-state index < -0.39 is 30.3 Å². The van der Waals surface area contributed by atoms with Gasteiger partial charge in [-0.1, -0.05) is 52.8 Å². The largest absolute Gasteiger partial charge is 0.496 e. The highest BCUT2D eigenvalue weighted by molar-refractivity contribution is 5.97. The minimum absolute atomic E-state index is 0.0362. The van der Waals surface area contributed by atoms with Gasteiger partial charge >= 0.3 is 6.09 Å². The Morgan fingerprint density at radius 1 is 1.10 bits per heavy atom. The molecule has 2 fully saturated rings. The third-order valence-corrected chi connectivity index (χ3v) is 11.7. The van der Waals surface area contributed by atoms with Gasteiger partial charge in [-0.15, -0.1) is 0 Å². The fraction of sp³-hybridized carbons (Fsp3) is 0.615. The highest BCUT2D eigenvalue weighted by Gasteiger charge is 2.52. The topological polar surface area (TPSA) is 139 Å². The van der Waals surface area contributed by atoms with Crippen LogP contribution < -0.4 is 26.0 Å². The minimum Gasteiger partial charge on any atom is -0.496 e. The molecular weight excluding hydrogens is 648 g/mol. The molecule has 1 aliphatic carbocycles. The second kappa shape index (κ2) is 16.2. The molecule has 12 heteroatoms. The first kappa shape index (κ1) is 39.9. The predicted molar refractivity (Wildman–Crippen MR) is 200 cm³/mol. The molecule has 0 radical (unpaired) electrons. The molecule has 2 aliphatic rings. The number of nitrogens with two attached hydrogens (primary N) is 1. The molecule has 0 spiro atoms. The van der Waals surface area contributed by atoms with Crippen molar-refractivity contribution in [1.29, 1.82) is 0 Å². The molecule has 4 N–H and O–H groups in total. The lowest BCUT2D eigenvalue weighted by molar-refractivity contribution is -0.174. The maximum absolute atomic E-state index is 14.6. The van der Waals surface area contributed by atoms with Gasteiger partial charge in [-0.25, -0.2) is 4.79 Å². The zero-order chi connectivity index (χ0) is 37.9. The summed E-state index contributed by atoms with van der Waals surface area (Å²) in [5, 5.41) is 7.80. The van der Waals surface area contributed by atoms with E-state index in [4.69, 9.17) is 20.0 Å². The molecule has 3 amide bonds. The van der Waals surface area contributed by atoms with Gasteiger partial charge in [0, 0.05) is 70.2 Å². The second-order valence-electron chi connectivity index (χ2n) is 15.4. The summed E-state index contributed by atoms with van der Waals surface area (Å²) in [7, 11) is 10.3. The summed E-state index contributed by atoms with van der Waals surface area (Å²) in [6, 6.07) is 10.6. The van der Waals surface area contributed by atoms with Crippen LogP contribution in [0.2, 0.25) is 0 Å². The molecule has 1 saturated heterocycles. The van der Waals surface area contributed by atoms with E-state index in [9.17, 15) is 14.4 Å². The zero-order valence-electron chi connectivity index (χ0n) is 32.6. The average molecular weight is 709 g/mol. The molecule has 8 atom stereocenters. The number of hydrogen-bond acceptors (Lipinski definition) is 9. The van der Waals surface area contributed by atoms with Crippen molar-refractivity contribution in [2.75, 3.05) is 53.8 Å². The fourth-order valence-corrected chi connectivity index (χ4v) is 7.73. The molecule has 2 aromatic rings. The Morgan fingerprint density at radius 2 is 1.78 bits per heavy atom. The molecule has 1 heterocycles. The quantitative estimate of drug-likeness (QED) is 0.302. The van der Waals surface area contributed by atoms with E-state index in [1.807, 2.05) is 55.4 Å². The molecule has 282 valence electrons. The third-order valence-electron chi connectivity index (χ3n) is 11.7. The molecule has 0 unspecified atom stereocenters. The first-order valence-electron chi connectivity index (χ1n) is 18.0. The van der Waals surface area contributed by atoms with Gasteiger partial charge in [-0.2, -0.15) is 5.06 Å². The van der Waals surface area contributed by atoms with Gasteiger partial charge in [0.1, 0.15) is 17.9 Å². The van der Waals surface area contributed by atoms with Crippen molar-refractivity contribution in [2.45, 2.75) is 78.8 Å². The van der Waals surface area contributed by atoms with E-state index in [1.165, 1.54) is 4.90 Å². The molecule has 12 nitrogen and oxygen atoms in total. The molecule has 1 saturated carbocycles. The lowest BCUT2D eigenvalue weighted by atomic mass is 9.58. The van der Waals surface area contributed by atoms with Crippen LogP contribution in [0.5, 0.6) is 5.75 Å². The summed E-state index contributed by atoms with van der Waals surface area (Å²) >= 11 is 0. The van der Waals surface area contributed by atoms with E-state index in [2.05, 4.69) is 45.3 Å². The summed E-state index contributed by atoms with van der Waals surface area (Å²) in [6.07, 6.45) is -0.923. The molecule has 51 heavy (non-hydrogen) atoms. The van der Waals surface area contributed by atoms with Crippen molar-refractivity contribution in [2.24, 2.45) is 34.8 Å². The number of hydrogen-bond donors (Lipinski definition) is 3. The van der Waals surface area contributed by atoms with Crippen LogP contribution in [0, 0.1) is 29.1 Å². The Kier molecular flexibility index (Phi) is 12.7. The molecule has 0 aromatic heterocycles. The number of amides is 3. The number of benzene rings is 2. The van der Waals surface area contributed by atoms with E-state index >= 15 is 0 Å². The number of hydroxylamine groups is 2. The van der Waals surface area contributed by atoms with Crippen LogP contribution in [-0.4, -0.2) is 101 Å². The molecule has 1 aliphatic heterocycles. The van der Waals surface area contributed by atoms with Crippen LogP contribution >= 0.6 is 0 Å². The average Bonchev–Trinajstić information content (AvgIpc) is 3.47. The SMILES string of the molecule is CNC(=O)c1cc(-c2cccc(CN3O[C@@H](CN)[C@@H]([C@H](C)OC(=O)N(C)C)[C@H]3C(=O)N[C@H]3C[C@@H](C)C(C)(C)[C@@H](C)[C@@H]3C)c2OC)cc(N(C)C)c1.